The molecular weight excluding hydrogens is 360 g/mol. The van der Waals surface area contributed by atoms with Gasteiger partial charge in [-0.2, -0.15) is 0 Å². The second-order valence-electron chi connectivity index (χ2n) is 7.29. The van der Waals surface area contributed by atoms with Gasteiger partial charge in [-0.05, 0) is 47.7 Å². The molecule has 0 saturated carbocycles. The number of hydrogen-bond acceptors (Lipinski definition) is 2. The molecule has 3 aromatic rings. The molecule has 0 heterocycles. The molecule has 148 valence electrons. The Morgan fingerprint density at radius 1 is 0.828 bits per heavy atom. The van der Waals surface area contributed by atoms with E-state index in [4.69, 9.17) is 0 Å². The maximum Gasteiger partial charge on any atom is 0.243 e. The molecule has 2 amide bonds. The van der Waals surface area contributed by atoms with Crippen LogP contribution in [0.2, 0.25) is 0 Å². The van der Waals surface area contributed by atoms with Crippen molar-refractivity contribution in [3.8, 4) is 11.1 Å². The Hall–Kier alpha value is -3.40. The predicted octanol–water partition coefficient (Wildman–Crippen LogP) is 4.61. The highest BCUT2D eigenvalue weighted by Gasteiger charge is 2.14. The summed E-state index contributed by atoms with van der Waals surface area (Å²) in [6, 6.07) is 23.9. The van der Waals surface area contributed by atoms with Crippen molar-refractivity contribution in [2.75, 3.05) is 18.9 Å². The van der Waals surface area contributed by atoms with Crippen LogP contribution in [0.5, 0.6) is 0 Å². The van der Waals surface area contributed by atoms with Gasteiger partial charge >= 0.3 is 0 Å². The van der Waals surface area contributed by atoms with Crippen molar-refractivity contribution < 1.29 is 9.59 Å². The third kappa shape index (κ3) is 5.32. The zero-order valence-electron chi connectivity index (χ0n) is 17.1. The van der Waals surface area contributed by atoms with Crippen LogP contribution in [0.1, 0.15) is 16.7 Å². The van der Waals surface area contributed by atoms with E-state index in [1.807, 2.05) is 74.5 Å². The number of nitrogens with one attached hydrogen (secondary N) is 1. The van der Waals surface area contributed by atoms with E-state index in [9.17, 15) is 9.59 Å². The van der Waals surface area contributed by atoms with Gasteiger partial charge in [0.25, 0.3) is 0 Å². The molecule has 0 spiro atoms. The Kier molecular flexibility index (Phi) is 6.45. The van der Waals surface area contributed by atoms with E-state index in [1.165, 1.54) is 4.90 Å². The second kappa shape index (κ2) is 9.20. The van der Waals surface area contributed by atoms with E-state index >= 15 is 0 Å². The molecule has 0 saturated heterocycles. The molecule has 3 rings (SSSR count). The molecule has 4 heteroatoms. The van der Waals surface area contributed by atoms with E-state index in [1.54, 1.807) is 7.05 Å². The van der Waals surface area contributed by atoms with Crippen LogP contribution in [0, 0.1) is 13.8 Å². The van der Waals surface area contributed by atoms with Gasteiger partial charge in [-0.15, -0.1) is 0 Å². The number of amides is 2. The smallest absolute Gasteiger partial charge is 0.243 e. The third-order valence-corrected chi connectivity index (χ3v) is 5.10. The SMILES string of the molecule is Cc1cccc(NC(=O)CN(C)C(=O)Cc2ccc(-c3ccccc3)cc2)c1C. The van der Waals surface area contributed by atoms with Crippen LogP contribution >= 0.6 is 0 Å². The molecule has 29 heavy (non-hydrogen) atoms. The summed E-state index contributed by atoms with van der Waals surface area (Å²) in [6.07, 6.45) is 0.266. The summed E-state index contributed by atoms with van der Waals surface area (Å²) in [7, 11) is 1.66. The van der Waals surface area contributed by atoms with Gasteiger partial charge in [-0.1, -0.05) is 66.7 Å². The van der Waals surface area contributed by atoms with Crippen molar-refractivity contribution in [1.82, 2.24) is 4.90 Å². The Bertz CT molecular complexity index is 995. The molecule has 0 aliphatic carbocycles. The first kappa shape index (κ1) is 20.3. The van der Waals surface area contributed by atoms with E-state index in [0.717, 1.165) is 33.5 Å². The first-order valence-electron chi connectivity index (χ1n) is 9.68. The molecule has 4 nitrogen and oxygen atoms in total. The molecule has 0 aliphatic heterocycles. The molecule has 0 atom stereocenters. The monoisotopic (exact) mass is 386 g/mol. The van der Waals surface area contributed by atoms with Crippen LogP contribution in [0.15, 0.2) is 72.8 Å². The number of carbonyl (C=O) groups is 2. The van der Waals surface area contributed by atoms with E-state index in [2.05, 4.69) is 17.4 Å². The Labute approximate surface area is 172 Å². The van der Waals surface area contributed by atoms with Gasteiger partial charge in [0.2, 0.25) is 11.8 Å². The first-order valence-corrected chi connectivity index (χ1v) is 9.68. The Balaban J connectivity index is 1.56. The van der Waals surface area contributed by atoms with Crippen molar-refractivity contribution in [2.24, 2.45) is 0 Å². The predicted molar refractivity (Wildman–Crippen MR) is 118 cm³/mol. The summed E-state index contributed by atoms with van der Waals surface area (Å²) in [5, 5.41) is 2.89. The van der Waals surface area contributed by atoms with E-state index < -0.39 is 0 Å². The van der Waals surface area contributed by atoms with Crippen LogP contribution in [0.25, 0.3) is 11.1 Å². The topological polar surface area (TPSA) is 49.4 Å². The molecule has 3 aromatic carbocycles. The lowest BCUT2D eigenvalue weighted by Crippen LogP contribution is -2.35. The second-order valence-corrected chi connectivity index (χ2v) is 7.29. The van der Waals surface area contributed by atoms with Crippen molar-refractivity contribution >= 4 is 17.5 Å². The number of benzene rings is 3. The lowest BCUT2D eigenvalue weighted by molar-refractivity contribution is -0.132. The number of carbonyl (C=O) groups excluding carboxylic acids is 2. The average molecular weight is 386 g/mol. The lowest BCUT2D eigenvalue weighted by Gasteiger charge is -2.18. The fraction of sp³-hybridized carbons (Fsp3) is 0.200. The Morgan fingerprint density at radius 3 is 2.17 bits per heavy atom. The molecule has 0 aliphatic rings. The van der Waals surface area contributed by atoms with Gasteiger partial charge in [-0.3, -0.25) is 9.59 Å². The molecular formula is C25H26N2O2. The zero-order valence-corrected chi connectivity index (χ0v) is 17.1. The largest absolute Gasteiger partial charge is 0.336 e. The minimum absolute atomic E-state index is 0.0221. The number of aryl methyl sites for hydroxylation is 1. The van der Waals surface area contributed by atoms with Gasteiger partial charge < -0.3 is 10.2 Å². The molecule has 0 bridgehead atoms. The minimum Gasteiger partial charge on any atom is -0.336 e. The summed E-state index contributed by atoms with van der Waals surface area (Å²) >= 11 is 0. The van der Waals surface area contributed by atoms with Crippen molar-refractivity contribution in [3.63, 3.8) is 0 Å². The number of likely N-dealkylation sites (N-methyl/N-ethyl adjacent to an activating group) is 1. The van der Waals surface area contributed by atoms with Gasteiger partial charge in [0.1, 0.15) is 0 Å². The van der Waals surface area contributed by atoms with Crippen LogP contribution in [-0.4, -0.2) is 30.3 Å². The number of hydrogen-bond donors (Lipinski definition) is 1. The van der Waals surface area contributed by atoms with Crippen LogP contribution < -0.4 is 5.32 Å². The van der Waals surface area contributed by atoms with Crippen molar-refractivity contribution in [1.29, 1.82) is 0 Å². The van der Waals surface area contributed by atoms with Crippen molar-refractivity contribution in [2.45, 2.75) is 20.3 Å². The molecule has 0 unspecified atom stereocenters. The standard InChI is InChI=1S/C25H26N2O2/c1-18-8-7-11-23(19(18)2)26-24(28)17-27(3)25(29)16-20-12-14-22(15-13-20)21-9-5-4-6-10-21/h4-15H,16-17H2,1-3H3,(H,26,28). The average Bonchev–Trinajstić information content (AvgIpc) is 2.72. The van der Waals surface area contributed by atoms with Gasteiger partial charge in [0.05, 0.1) is 13.0 Å². The number of rotatable bonds is 6. The quantitative estimate of drug-likeness (QED) is 0.673. The summed E-state index contributed by atoms with van der Waals surface area (Å²) in [4.78, 5) is 26.3. The molecule has 0 aromatic heterocycles. The van der Waals surface area contributed by atoms with Crippen molar-refractivity contribution in [3.05, 3.63) is 89.5 Å². The van der Waals surface area contributed by atoms with Gasteiger partial charge in [-0.25, -0.2) is 0 Å². The van der Waals surface area contributed by atoms with Crippen LogP contribution in [0.3, 0.4) is 0 Å². The van der Waals surface area contributed by atoms with Gasteiger partial charge in [0.15, 0.2) is 0 Å². The number of anilines is 1. The maximum atomic E-state index is 12.5. The molecule has 1 N–H and O–H groups in total. The third-order valence-electron chi connectivity index (χ3n) is 5.10. The molecule has 0 radical (unpaired) electrons. The van der Waals surface area contributed by atoms with E-state index in [-0.39, 0.29) is 24.8 Å². The fourth-order valence-electron chi connectivity index (χ4n) is 3.14. The zero-order chi connectivity index (χ0) is 20.8. The fourth-order valence-corrected chi connectivity index (χ4v) is 3.14. The molecule has 0 fully saturated rings. The Morgan fingerprint density at radius 2 is 1.48 bits per heavy atom. The van der Waals surface area contributed by atoms with Gasteiger partial charge in [0, 0.05) is 12.7 Å². The maximum absolute atomic E-state index is 12.5. The summed E-state index contributed by atoms with van der Waals surface area (Å²) < 4.78 is 0. The highest BCUT2D eigenvalue weighted by Crippen LogP contribution is 2.20. The summed E-state index contributed by atoms with van der Waals surface area (Å²) in [5.41, 5.74) is 6.12. The normalized spacial score (nSPS) is 10.4. The highest BCUT2D eigenvalue weighted by molar-refractivity contribution is 5.95. The highest BCUT2D eigenvalue weighted by atomic mass is 16.2. The van der Waals surface area contributed by atoms with E-state index in [0.29, 0.717) is 0 Å². The lowest BCUT2D eigenvalue weighted by atomic mass is 10.0. The first-order chi connectivity index (χ1) is 13.9. The summed E-state index contributed by atoms with van der Waals surface area (Å²) in [5.74, 6) is -0.289. The summed E-state index contributed by atoms with van der Waals surface area (Å²) in [6.45, 7) is 4.00. The van der Waals surface area contributed by atoms with Crippen LogP contribution in [-0.2, 0) is 16.0 Å². The number of nitrogens with zero attached hydrogens (tertiary/aromatic N) is 1. The minimum atomic E-state index is -0.200. The van der Waals surface area contributed by atoms with Crippen LogP contribution in [0.4, 0.5) is 5.69 Å².